The summed E-state index contributed by atoms with van der Waals surface area (Å²) < 4.78 is 62.7. The number of alkyl halides is 3. The number of benzene rings is 1. The summed E-state index contributed by atoms with van der Waals surface area (Å²) in [6.45, 7) is 0.0503. The maximum Gasteiger partial charge on any atom is 0.401 e. The molecule has 1 N–H and O–H groups in total. The van der Waals surface area contributed by atoms with Gasteiger partial charge in [-0.05, 0) is 37.1 Å². The molecule has 0 aromatic heterocycles. The van der Waals surface area contributed by atoms with E-state index >= 15 is 0 Å². The summed E-state index contributed by atoms with van der Waals surface area (Å²) in [6, 6.07) is 3.38. The van der Waals surface area contributed by atoms with E-state index < -0.39 is 24.4 Å². The molecule has 1 aromatic rings. The molecule has 1 amide bonds. The fourth-order valence-electron chi connectivity index (χ4n) is 2.50. The van der Waals surface area contributed by atoms with Gasteiger partial charge in [-0.1, -0.05) is 0 Å². The van der Waals surface area contributed by atoms with Crippen LogP contribution in [0.4, 0.5) is 22.0 Å². The Morgan fingerprint density at radius 2 is 2.04 bits per heavy atom. The molecule has 0 bridgehead atoms. The number of carbonyl (C=O) groups excluding carboxylic acids is 1. The third-order valence-corrected chi connectivity index (χ3v) is 4.62. The number of likely N-dealkylation sites (tertiary alicyclic amines) is 1. The van der Waals surface area contributed by atoms with Crippen LogP contribution < -0.4 is 5.32 Å². The largest absolute Gasteiger partial charge is 0.401 e. The minimum absolute atomic E-state index is 0.00966. The van der Waals surface area contributed by atoms with Gasteiger partial charge in [-0.3, -0.25) is 9.69 Å². The van der Waals surface area contributed by atoms with Crippen molar-refractivity contribution in [1.82, 2.24) is 10.2 Å². The lowest BCUT2D eigenvalue weighted by molar-refractivity contribution is -0.143. The SMILES string of the molecule is O=C(CSc1ccc(F)c(F)c1)NCC1CCN(CC(F)(F)F)C1. The van der Waals surface area contributed by atoms with Crippen molar-refractivity contribution >= 4 is 17.7 Å². The number of nitrogens with zero attached hydrogens (tertiary/aromatic N) is 1. The molecule has 1 unspecified atom stereocenters. The van der Waals surface area contributed by atoms with Crippen molar-refractivity contribution in [3.63, 3.8) is 0 Å². The second kappa shape index (κ2) is 8.15. The van der Waals surface area contributed by atoms with E-state index in [1.807, 2.05) is 0 Å². The first kappa shape index (κ1) is 19.0. The smallest absolute Gasteiger partial charge is 0.355 e. The lowest BCUT2D eigenvalue weighted by Gasteiger charge is -2.18. The van der Waals surface area contributed by atoms with Crippen LogP contribution in [0.5, 0.6) is 0 Å². The summed E-state index contributed by atoms with van der Waals surface area (Å²) in [5, 5.41) is 2.67. The van der Waals surface area contributed by atoms with Crippen LogP contribution in [0.25, 0.3) is 0 Å². The Kier molecular flexibility index (Phi) is 6.45. The van der Waals surface area contributed by atoms with Crippen molar-refractivity contribution in [2.24, 2.45) is 5.92 Å². The fourth-order valence-corrected chi connectivity index (χ4v) is 3.25. The highest BCUT2D eigenvalue weighted by molar-refractivity contribution is 8.00. The Hall–Kier alpha value is -1.35. The van der Waals surface area contributed by atoms with Crippen molar-refractivity contribution in [3.05, 3.63) is 29.8 Å². The van der Waals surface area contributed by atoms with Gasteiger partial charge >= 0.3 is 6.18 Å². The maximum atomic E-state index is 13.0. The van der Waals surface area contributed by atoms with E-state index in [1.54, 1.807) is 0 Å². The molecule has 24 heavy (non-hydrogen) atoms. The lowest BCUT2D eigenvalue weighted by atomic mass is 10.1. The van der Waals surface area contributed by atoms with Gasteiger partial charge in [0.05, 0.1) is 12.3 Å². The molecule has 1 aromatic carbocycles. The van der Waals surface area contributed by atoms with Gasteiger partial charge < -0.3 is 5.32 Å². The van der Waals surface area contributed by atoms with Crippen LogP contribution in [0.2, 0.25) is 0 Å². The Labute approximate surface area is 140 Å². The van der Waals surface area contributed by atoms with E-state index in [2.05, 4.69) is 5.32 Å². The summed E-state index contributed by atoms with van der Waals surface area (Å²) >= 11 is 1.06. The van der Waals surface area contributed by atoms with Gasteiger partial charge in [0, 0.05) is 18.0 Å². The third kappa shape index (κ3) is 6.27. The van der Waals surface area contributed by atoms with Gasteiger partial charge in [0.25, 0.3) is 0 Å². The van der Waals surface area contributed by atoms with Crippen LogP contribution in [-0.2, 0) is 4.79 Å². The standard InChI is InChI=1S/C15H17F5N2OS/c16-12-2-1-11(5-13(12)17)24-8-14(23)21-6-10-3-4-22(7-10)9-15(18,19)20/h1-2,5,10H,3-4,6-9H2,(H,21,23). The molecule has 0 radical (unpaired) electrons. The monoisotopic (exact) mass is 368 g/mol. The van der Waals surface area contributed by atoms with Gasteiger partial charge in [-0.2, -0.15) is 13.2 Å². The molecule has 1 aliphatic heterocycles. The Morgan fingerprint density at radius 1 is 1.29 bits per heavy atom. The Morgan fingerprint density at radius 3 is 2.71 bits per heavy atom. The zero-order valence-corrected chi connectivity index (χ0v) is 13.5. The van der Waals surface area contributed by atoms with Crippen LogP contribution >= 0.6 is 11.8 Å². The number of nitrogens with one attached hydrogen (secondary N) is 1. The van der Waals surface area contributed by atoms with E-state index in [4.69, 9.17) is 0 Å². The van der Waals surface area contributed by atoms with E-state index in [0.29, 0.717) is 31.0 Å². The van der Waals surface area contributed by atoms with Crippen LogP contribution in [-0.4, -0.2) is 48.9 Å². The zero-order chi connectivity index (χ0) is 17.7. The number of amides is 1. The number of rotatable bonds is 6. The van der Waals surface area contributed by atoms with Crippen molar-refractivity contribution in [3.8, 4) is 0 Å². The molecule has 1 atom stereocenters. The summed E-state index contributed by atoms with van der Waals surface area (Å²) in [5.41, 5.74) is 0. The molecule has 1 fully saturated rings. The first-order valence-corrected chi connectivity index (χ1v) is 8.35. The van der Waals surface area contributed by atoms with E-state index in [1.165, 1.54) is 11.0 Å². The van der Waals surface area contributed by atoms with E-state index in [-0.39, 0.29) is 17.6 Å². The number of hydrogen-bond donors (Lipinski definition) is 1. The van der Waals surface area contributed by atoms with Crippen molar-refractivity contribution < 1.29 is 26.7 Å². The molecule has 2 rings (SSSR count). The second-order valence-corrected chi connectivity index (χ2v) is 6.72. The maximum absolute atomic E-state index is 13.0. The second-order valence-electron chi connectivity index (χ2n) is 5.67. The van der Waals surface area contributed by atoms with Gasteiger partial charge in [-0.25, -0.2) is 8.78 Å². The molecular formula is C15H17F5N2OS. The number of hydrogen-bond acceptors (Lipinski definition) is 3. The predicted octanol–water partition coefficient (Wildman–Crippen LogP) is 3.06. The number of halogens is 5. The minimum Gasteiger partial charge on any atom is -0.355 e. The quantitative estimate of drug-likeness (QED) is 0.619. The van der Waals surface area contributed by atoms with Gasteiger partial charge in [0.2, 0.25) is 5.91 Å². The lowest BCUT2D eigenvalue weighted by Crippen LogP contribution is -2.35. The molecule has 1 aliphatic rings. The Bertz CT molecular complexity index is 581. The highest BCUT2D eigenvalue weighted by atomic mass is 32.2. The van der Waals surface area contributed by atoms with E-state index in [0.717, 1.165) is 23.9 Å². The molecule has 0 aliphatic carbocycles. The molecule has 0 saturated carbocycles. The van der Waals surface area contributed by atoms with Crippen LogP contribution in [0.3, 0.4) is 0 Å². The first-order valence-electron chi connectivity index (χ1n) is 7.36. The van der Waals surface area contributed by atoms with Crippen molar-refractivity contribution in [2.45, 2.75) is 17.5 Å². The normalized spacial score (nSPS) is 18.8. The zero-order valence-electron chi connectivity index (χ0n) is 12.7. The molecule has 0 spiro atoms. The Balaban J connectivity index is 1.67. The highest BCUT2D eigenvalue weighted by Crippen LogP contribution is 2.23. The molecule has 3 nitrogen and oxygen atoms in total. The topological polar surface area (TPSA) is 32.3 Å². The van der Waals surface area contributed by atoms with Gasteiger partial charge in [0.1, 0.15) is 0 Å². The average Bonchev–Trinajstić information content (AvgIpc) is 2.91. The molecular weight excluding hydrogens is 351 g/mol. The number of carbonyl (C=O) groups is 1. The summed E-state index contributed by atoms with van der Waals surface area (Å²) in [7, 11) is 0. The van der Waals surface area contributed by atoms with Crippen molar-refractivity contribution in [1.29, 1.82) is 0 Å². The summed E-state index contributed by atoms with van der Waals surface area (Å²) in [6.07, 6.45) is -3.61. The van der Waals surface area contributed by atoms with Gasteiger partial charge in [-0.15, -0.1) is 11.8 Å². The van der Waals surface area contributed by atoms with E-state index in [9.17, 15) is 26.7 Å². The molecule has 9 heteroatoms. The molecule has 134 valence electrons. The summed E-state index contributed by atoms with van der Waals surface area (Å²) in [4.78, 5) is 13.5. The highest BCUT2D eigenvalue weighted by Gasteiger charge is 2.34. The minimum atomic E-state index is -4.21. The van der Waals surface area contributed by atoms with Crippen LogP contribution in [0.1, 0.15) is 6.42 Å². The number of thioether (sulfide) groups is 1. The van der Waals surface area contributed by atoms with Crippen LogP contribution in [0.15, 0.2) is 23.1 Å². The fraction of sp³-hybridized carbons (Fsp3) is 0.533. The third-order valence-electron chi connectivity index (χ3n) is 3.62. The average molecular weight is 368 g/mol. The molecule has 1 saturated heterocycles. The predicted molar refractivity (Wildman–Crippen MR) is 80.7 cm³/mol. The summed E-state index contributed by atoms with van der Waals surface area (Å²) in [5.74, 6) is -2.20. The van der Waals surface area contributed by atoms with Crippen LogP contribution in [0, 0.1) is 17.6 Å². The molecule has 1 heterocycles. The first-order chi connectivity index (χ1) is 11.2. The van der Waals surface area contributed by atoms with Crippen molar-refractivity contribution in [2.75, 3.05) is 31.9 Å². The van der Waals surface area contributed by atoms with Gasteiger partial charge in [0.15, 0.2) is 11.6 Å².